The van der Waals surface area contributed by atoms with Gasteiger partial charge in [-0.15, -0.1) is 0 Å². The molecule has 26 heavy (non-hydrogen) atoms. The van der Waals surface area contributed by atoms with Crippen LogP contribution in [0.4, 0.5) is 0 Å². The summed E-state index contributed by atoms with van der Waals surface area (Å²) in [5.74, 6) is -0.696. The molecule has 0 aromatic heterocycles. The molecular weight excluding hydrogens is 353 g/mol. The minimum atomic E-state index is -0.961. The van der Waals surface area contributed by atoms with Crippen LogP contribution in [-0.4, -0.2) is 34.9 Å². The average Bonchev–Trinajstić information content (AvgIpc) is 2.66. The highest BCUT2D eigenvalue weighted by Crippen LogP contribution is 2.28. The second-order valence-electron chi connectivity index (χ2n) is 6.71. The second-order valence-corrected chi connectivity index (χ2v) is 7.07. The number of aromatic carboxylic acids is 1. The minimum Gasteiger partial charge on any atom is -0.478 e. The number of aliphatic hydroxyl groups excluding tert-OH is 1. The summed E-state index contributed by atoms with van der Waals surface area (Å²) < 4.78 is 16.2. The van der Waals surface area contributed by atoms with Crippen LogP contribution in [0.25, 0.3) is 0 Å². The monoisotopic (exact) mass is 379 g/mol. The maximum Gasteiger partial charge on any atom is 0.335 e. The fourth-order valence-corrected chi connectivity index (χ4v) is 3.62. The fourth-order valence-electron chi connectivity index (χ4n) is 3.25. The quantitative estimate of drug-likeness (QED) is 0.423. The van der Waals surface area contributed by atoms with Gasteiger partial charge in [0.15, 0.2) is 0 Å². The first-order valence-electron chi connectivity index (χ1n) is 8.89. The number of benzene rings is 1. The molecule has 4 atom stereocenters. The zero-order valence-corrected chi connectivity index (χ0v) is 15.8. The van der Waals surface area contributed by atoms with Crippen molar-refractivity contribution in [2.45, 2.75) is 50.9 Å². The Morgan fingerprint density at radius 2 is 2.23 bits per heavy atom. The van der Waals surface area contributed by atoms with Gasteiger partial charge in [-0.05, 0) is 49.8 Å². The van der Waals surface area contributed by atoms with E-state index < -0.39 is 12.1 Å². The smallest absolute Gasteiger partial charge is 0.335 e. The number of carbonyl (C=O) groups is 1. The Morgan fingerprint density at radius 1 is 1.42 bits per heavy atom. The van der Waals surface area contributed by atoms with Crippen molar-refractivity contribution in [3.63, 3.8) is 0 Å². The number of carboxylic acids is 1. The van der Waals surface area contributed by atoms with Gasteiger partial charge in [-0.1, -0.05) is 24.3 Å². The zero-order chi connectivity index (χ0) is 18.9. The lowest BCUT2D eigenvalue weighted by atomic mass is 9.87. The summed E-state index contributed by atoms with van der Waals surface area (Å²) in [6.45, 7) is 2.26. The number of hydrogen-bond donors (Lipinski definition) is 3. The van der Waals surface area contributed by atoms with E-state index in [1.807, 2.05) is 13.0 Å². The number of allylic oxidation sites excluding steroid dienone is 2. The molecule has 0 saturated carbocycles. The van der Waals surface area contributed by atoms with Crippen molar-refractivity contribution in [1.82, 2.24) is 5.32 Å². The number of rotatable bonds is 10. The molecule has 2 unspecified atom stereocenters. The fraction of sp³-hybridized carbons (Fsp3) is 0.526. The molecule has 0 fully saturated rings. The SMILES string of the molecule is C[C@@H](NC[C@@H](O)CC(OP=O)C1CC=CCC1)c1cccc(C(=O)O)c1. The van der Waals surface area contributed by atoms with Gasteiger partial charge in [0.05, 0.1) is 17.8 Å². The lowest BCUT2D eigenvalue weighted by molar-refractivity contribution is 0.0637. The first kappa shape index (κ1) is 20.7. The first-order chi connectivity index (χ1) is 12.5. The van der Waals surface area contributed by atoms with Crippen LogP contribution >= 0.6 is 8.69 Å². The van der Waals surface area contributed by atoms with Gasteiger partial charge in [-0.3, -0.25) is 4.52 Å². The molecule has 7 heteroatoms. The van der Waals surface area contributed by atoms with E-state index in [9.17, 15) is 14.5 Å². The average molecular weight is 379 g/mol. The van der Waals surface area contributed by atoms with Crippen molar-refractivity contribution >= 4 is 14.7 Å². The van der Waals surface area contributed by atoms with Gasteiger partial charge in [-0.25, -0.2) is 9.36 Å². The molecular formula is C19H26NO5P. The van der Waals surface area contributed by atoms with E-state index in [0.29, 0.717) is 13.0 Å². The van der Waals surface area contributed by atoms with Crippen molar-refractivity contribution < 1.29 is 24.1 Å². The molecule has 1 aromatic carbocycles. The van der Waals surface area contributed by atoms with Crippen LogP contribution in [0.2, 0.25) is 0 Å². The summed E-state index contributed by atoms with van der Waals surface area (Å²) in [5.41, 5.74) is 1.09. The molecule has 0 aliphatic heterocycles. The minimum absolute atomic E-state index is 0.0986. The summed E-state index contributed by atoms with van der Waals surface area (Å²) in [4.78, 5) is 11.1. The van der Waals surface area contributed by atoms with Crippen LogP contribution in [-0.2, 0) is 9.09 Å². The number of nitrogens with one attached hydrogen (secondary N) is 1. The molecule has 3 N–H and O–H groups in total. The van der Waals surface area contributed by atoms with Crippen LogP contribution in [0.3, 0.4) is 0 Å². The van der Waals surface area contributed by atoms with Crippen molar-refractivity contribution in [2.75, 3.05) is 6.54 Å². The first-order valence-corrected chi connectivity index (χ1v) is 9.62. The maximum atomic E-state index is 11.1. The van der Waals surface area contributed by atoms with E-state index in [1.165, 1.54) is 0 Å². The Labute approximate surface area is 155 Å². The molecule has 0 saturated heterocycles. The Kier molecular flexibility index (Phi) is 8.39. The topological polar surface area (TPSA) is 95.9 Å². The Morgan fingerprint density at radius 3 is 2.88 bits per heavy atom. The van der Waals surface area contributed by atoms with Crippen LogP contribution in [0, 0.1) is 5.92 Å². The lowest BCUT2D eigenvalue weighted by Gasteiger charge is -2.28. The third kappa shape index (κ3) is 6.29. The van der Waals surface area contributed by atoms with Crippen LogP contribution in [0.5, 0.6) is 0 Å². The van der Waals surface area contributed by atoms with Gasteiger partial charge >= 0.3 is 14.7 Å². The van der Waals surface area contributed by atoms with Crippen molar-refractivity contribution in [1.29, 1.82) is 0 Å². The highest BCUT2D eigenvalue weighted by Gasteiger charge is 2.26. The molecule has 0 spiro atoms. The summed E-state index contributed by atoms with van der Waals surface area (Å²) >= 11 is 0. The summed E-state index contributed by atoms with van der Waals surface area (Å²) in [6.07, 6.45) is 6.57. The van der Waals surface area contributed by atoms with E-state index in [1.54, 1.807) is 18.2 Å². The molecule has 1 aromatic rings. The lowest BCUT2D eigenvalue weighted by Crippen LogP contribution is -2.34. The molecule has 142 valence electrons. The molecule has 6 nitrogen and oxygen atoms in total. The highest BCUT2D eigenvalue weighted by molar-refractivity contribution is 7.17. The second kappa shape index (κ2) is 10.5. The van der Waals surface area contributed by atoms with E-state index >= 15 is 0 Å². The third-order valence-corrected chi connectivity index (χ3v) is 5.17. The number of carboxylic acid groups (broad SMARTS) is 1. The van der Waals surface area contributed by atoms with Crippen LogP contribution < -0.4 is 5.32 Å². The van der Waals surface area contributed by atoms with Crippen molar-refractivity contribution in [3.05, 3.63) is 47.5 Å². The largest absolute Gasteiger partial charge is 0.478 e. The van der Waals surface area contributed by atoms with Crippen molar-refractivity contribution in [2.24, 2.45) is 5.92 Å². The molecule has 0 amide bonds. The molecule has 0 bridgehead atoms. The third-order valence-electron chi connectivity index (χ3n) is 4.81. The van der Waals surface area contributed by atoms with Crippen LogP contribution in [0.15, 0.2) is 36.4 Å². The Bertz CT molecular complexity index is 636. The van der Waals surface area contributed by atoms with Gasteiger partial charge in [0.1, 0.15) is 0 Å². The number of aliphatic hydroxyl groups is 1. The normalized spacial score (nSPS) is 20.6. The van der Waals surface area contributed by atoms with E-state index in [4.69, 9.17) is 9.63 Å². The molecule has 0 radical (unpaired) electrons. The van der Waals surface area contributed by atoms with Gasteiger partial charge in [0.2, 0.25) is 0 Å². The van der Waals surface area contributed by atoms with Gasteiger partial charge in [0, 0.05) is 19.0 Å². The molecule has 2 rings (SSSR count). The van der Waals surface area contributed by atoms with Crippen molar-refractivity contribution in [3.8, 4) is 0 Å². The molecule has 1 aliphatic carbocycles. The Hall–Kier alpha value is -1.59. The predicted octanol–water partition coefficient (Wildman–Crippen LogP) is 3.73. The number of hydrogen-bond acceptors (Lipinski definition) is 5. The molecule has 1 aliphatic rings. The van der Waals surface area contributed by atoms with E-state index in [0.717, 1.165) is 24.8 Å². The van der Waals surface area contributed by atoms with E-state index in [-0.39, 0.29) is 32.3 Å². The summed E-state index contributed by atoms with van der Waals surface area (Å²) in [7, 11) is -0.359. The maximum absolute atomic E-state index is 11.1. The van der Waals surface area contributed by atoms with E-state index in [2.05, 4.69) is 17.5 Å². The standard InChI is InChI=1S/C19H26NO5P/c1-13(15-8-5-9-16(10-15)19(22)23)20-12-17(21)11-18(25-26-24)14-6-3-2-4-7-14/h2-3,5,8-10,13-14,17-18,20-21H,4,6-7,11-12H2,1H3,(H,22,23)/t13-,14?,17+,18?/m1/s1. The van der Waals surface area contributed by atoms with Gasteiger partial charge in [-0.2, -0.15) is 0 Å². The Balaban J connectivity index is 1.87. The molecule has 0 heterocycles. The van der Waals surface area contributed by atoms with Gasteiger partial charge in [0.25, 0.3) is 0 Å². The summed E-state index contributed by atoms with van der Waals surface area (Å²) in [6, 6.07) is 6.64. The predicted molar refractivity (Wildman–Crippen MR) is 99.4 cm³/mol. The van der Waals surface area contributed by atoms with Crippen LogP contribution in [0.1, 0.15) is 54.6 Å². The highest BCUT2D eigenvalue weighted by atomic mass is 31.1. The zero-order valence-electron chi connectivity index (χ0n) is 14.9. The van der Waals surface area contributed by atoms with Gasteiger partial charge < -0.3 is 15.5 Å². The summed E-state index contributed by atoms with van der Waals surface area (Å²) in [5, 5.41) is 22.7.